The Hall–Kier alpha value is -3.35. The van der Waals surface area contributed by atoms with E-state index in [0.29, 0.717) is 13.2 Å². The molecule has 0 radical (unpaired) electrons. The van der Waals surface area contributed by atoms with E-state index >= 15 is 0 Å². The average molecular weight is 407 g/mol. The number of methoxy groups -OCH3 is 2. The van der Waals surface area contributed by atoms with Gasteiger partial charge in [-0.15, -0.1) is 0 Å². The summed E-state index contributed by atoms with van der Waals surface area (Å²) in [5.41, 5.74) is 4.05. The highest BCUT2D eigenvalue weighted by atomic mass is 16.6. The van der Waals surface area contributed by atoms with E-state index in [1.165, 1.54) is 5.56 Å². The molecule has 156 valence electrons. The predicted molar refractivity (Wildman–Crippen MR) is 115 cm³/mol. The van der Waals surface area contributed by atoms with Crippen LogP contribution in [0.1, 0.15) is 18.4 Å². The average Bonchev–Trinajstić information content (AvgIpc) is 2.99. The van der Waals surface area contributed by atoms with Crippen molar-refractivity contribution in [2.45, 2.75) is 19.3 Å². The van der Waals surface area contributed by atoms with Gasteiger partial charge in [0.25, 0.3) is 0 Å². The highest BCUT2D eigenvalue weighted by Gasteiger charge is 2.23. The van der Waals surface area contributed by atoms with E-state index in [2.05, 4.69) is 5.32 Å². The molecule has 0 saturated carbocycles. The molecule has 1 N–H and O–H groups in total. The van der Waals surface area contributed by atoms with Gasteiger partial charge in [0.1, 0.15) is 30.5 Å². The first-order valence-electron chi connectivity index (χ1n) is 10.3. The van der Waals surface area contributed by atoms with E-state index < -0.39 is 0 Å². The Kier molecular flexibility index (Phi) is 4.86. The van der Waals surface area contributed by atoms with Crippen LogP contribution in [0.25, 0.3) is 16.9 Å². The van der Waals surface area contributed by atoms with Crippen LogP contribution in [0.4, 0.5) is 5.82 Å². The summed E-state index contributed by atoms with van der Waals surface area (Å²) < 4.78 is 24.4. The van der Waals surface area contributed by atoms with Gasteiger partial charge in [-0.05, 0) is 43.5 Å². The van der Waals surface area contributed by atoms with Crippen molar-refractivity contribution in [3.63, 3.8) is 0 Å². The topological polar surface area (TPSA) is 66.8 Å². The van der Waals surface area contributed by atoms with Gasteiger partial charge in [-0.1, -0.05) is 0 Å². The lowest BCUT2D eigenvalue weighted by molar-refractivity contribution is 0.171. The number of fused-ring (bicyclic) bond motifs is 2. The number of rotatable bonds is 4. The van der Waals surface area contributed by atoms with Gasteiger partial charge in [-0.3, -0.25) is 0 Å². The maximum atomic E-state index is 5.79. The van der Waals surface area contributed by atoms with Crippen molar-refractivity contribution in [2.24, 2.45) is 0 Å². The first-order chi connectivity index (χ1) is 14.8. The van der Waals surface area contributed by atoms with Gasteiger partial charge in [-0.2, -0.15) is 5.10 Å². The lowest BCUT2D eigenvalue weighted by atomic mass is 10.0. The van der Waals surface area contributed by atoms with E-state index in [-0.39, 0.29) is 0 Å². The van der Waals surface area contributed by atoms with Crippen molar-refractivity contribution in [3.8, 4) is 39.9 Å². The first-order valence-corrected chi connectivity index (χ1v) is 10.3. The molecule has 5 rings (SSSR count). The molecule has 0 amide bonds. The Morgan fingerprint density at radius 3 is 2.47 bits per heavy atom. The molecule has 7 nitrogen and oxygen atoms in total. The lowest BCUT2D eigenvalue weighted by Gasteiger charge is -2.19. The Morgan fingerprint density at radius 1 is 0.933 bits per heavy atom. The highest BCUT2D eigenvalue weighted by molar-refractivity contribution is 5.73. The van der Waals surface area contributed by atoms with Gasteiger partial charge in [-0.25, -0.2) is 4.68 Å². The Balaban J connectivity index is 1.66. The number of hydrogen-bond donors (Lipinski definition) is 1. The SMILES string of the molecule is COc1cc(OC)cc(-c2nn(-c3ccc4c(c3)OCCO4)c3c2CCCCN3)c1. The second-order valence-corrected chi connectivity index (χ2v) is 7.40. The summed E-state index contributed by atoms with van der Waals surface area (Å²) in [5.74, 6) is 4.04. The quantitative estimate of drug-likeness (QED) is 0.703. The van der Waals surface area contributed by atoms with E-state index in [0.717, 1.165) is 71.6 Å². The Morgan fingerprint density at radius 2 is 1.70 bits per heavy atom. The van der Waals surface area contributed by atoms with Gasteiger partial charge in [0.05, 0.1) is 25.6 Å². The van der Waals surface area contributed by atoms with Crippen LogP contribution in [0.2, 0.25) is 0 Å². The fourth-order valence-electron chi connectivity index (χ4n) is 4.03. The minimum absolute atomic E-state index is 0.556. The van der Waals surface area contributed by atoms with Crippen molar-refractivity contribution < 1.29 is 18.9 Å². The summed E-state index contributed by atoms with van der Waals surface area (Å²) in [4.78, 5) is 0. The lowest BCUT2D eigenvalue weighted by Crippen LogP contribution is -2.15. The van der Waals surface area contributed by atoms with Gasteiger partial charge < -0.3 is 24.3 Å². The smallest absolute Gasteiger partial charge is 0.163 e. The molecule has 30 heavy (non-hydrogen) atoms. The molecule has 0 spiro atoms. The molecule has 2 aliphatic rings. The molecule has 0 atom stereocenters. The molecule has 0 unspecified atom stereocenters. The maximum absolute atomic E-state index is 5.79. The van der Waals surface area contributed by atoms with Gasteiger partial charge in [0.2, 0.25) is 0 Å². The van der Waals surface area contributed by atoms with E-state index in [9.17, 15) is 0 Å². The fourth-order valence-corrected chi connectivity index (χ4v) is 4.03. The van der Waals surface area contributed by atoms with E-state index in [1.807, 2.05) is 41.1 Å². The number of anilines is 1. The summed E-state index contributed by atoms with van der Waals surface area (Å²) in [5, 5.41) is 8.61. The standard InChI is InChI=1S/C23H25N3O4/c1-27-17-11-15(12-18(14-17)28-2)22-19-5-3-4-8-24-23(19)26(25-22)16-6-7-20-21(13-16)30-10-9-29-20/h6-7,11-14,24H,3-5,8-10H2,1-2H3. The minimum atomic E-state index is 0.556. The van der Waals surface area contributed by atoms with Crippen LogP contribution < -0.4 is 24.3 Å². The van der Waals surface area contributed by atoms with Crippen molar-refractivity contribution >= 4 is 5.82 Å². The number of aromatic nitrogens is 2. The number of hydrogen-bond acceptors (Lipinski definition) is 6. The molecule has 2 aromatic carbocycles. The monoisotopic (exact) mass is 407 g/mol. The molecular formula is C23H25N3O4. The number of ether oxygens (including phenoxy) is 4. The third-order valence-electron chi connectivity index (χ3n) is 5.52. The predicted octanol–water partition coefficient (Wildman–Crippen LogP) is 4.08. The molecule has 0 bridgehead atoms. The molecule has 0 saturated heterocycles. The molecule has 3 heterocycles. The number of benzene rings is 2. The zero-order valence-electron chi connectivity index (χ0n) is 17.2. The van der Waals surface area contributed by atoms with Crippen molar-refractivity contribution in [1.29, 1.82) is 0 Å². The van der Waals surface area contributed by atoms with Crippen LogP contribution in [0.5, 0.6) is 23.0 Å². The van der Waals surface area contributed by atoms with E-state index in [1.54, 1.807) is 14.2 Å². The summed E-state index contributed by atoms with van der Waals surface area (Å²) in [7, 11) is 3.32. The molecule has 1 aromatic heterocycles. The minimum Gasteiger partial charge on any atom is -0.497 e. The normalized spacial score (nSPS) is 15.0. The van der Waals surface area contributed by atoms with Gasteiger partial charge in [0, 0.05) is 29.8 Å². The maximum Gasteiger partial charge on any atom is 0.163 e. The summed E-state index contributed by atoms with van der Waals surface area (Å²) >= 11 is 0. The van der Waals surface area contributed by atoms with Crippen molar-refractivity contribution in [1.82, 2.24) is 9.78 Å². The van der Waals surface area contributed by atoms with E-state index in [4.69, 9.17) is 24.0 Å². The number of nitrogens with zero attached hydrogens (tertiary/aromatic N) is 2. The summed E-state index contributed by atoms with van der Waals surface area (Å²) in [6.45, 7) is 2.05. The third-order valence-corrected chi connectivity index (χ3v) is 5.52. The zero-order chi connectivity index (χ0) is 20.5. The van der Waals surface area contributed by atoms with Crippen LogP contribution in [0.15, 0.2) is 36.4 Å². The van der Waals surface area contributed by atoms with Crippen LogP contribution in [0, 0.1) is 0 Å². The fraction of sp³-hybridized carbons (Fsp3) is 0.348. The van der Waals surface area contributed by atoms with Gasteiger partial charge >= 0.3 is 0 Å². The highest BCUT2D eigenvalue weighted by Crippen LogP contribution is 2.39. The van der Waals surface area contributed by atoms with Crippen LogP contribution in [-0.4, -0.2) is 43.8 Å². The van der Waals surface area contributed by atoms with Gasteiger partial charge in [0.15, 0.2) is 11.5 Å². The second kappa shape index (κ2) is 7.82. The van der Waals surface area contributed by atoms with Crippen LogP contribution in [-0.2, 0) is 6.42 Å². The second-order valence-electron chi connectivity index (χ2n) is 7.40. The largest absolute Gasteiger partial charge is 0.497 e. The van der Waals surface area contributed by atoms with Crippen LogP contribution in [0.3, 0.4) is 0 Å². The molecule has 7 heteroatoms. The number of nitrogens with one attached hydrogen (secondary N) is 1. The van der Waals surface area contributed by atoms with Crippen molar-refractivity contribution in [3.05, 3.63) is 42.0 Å². The molecule has 0 fully saturated rings. The zero-order valence-corrected chi connectivity index (χ0v) is 17.2. The third kappa shape index (κ3) is 3.30. The Labute approximate surface area is 175 Å². The van der Waals surface area contributed by atoms with Crippen molar-refractivity contribution in [2.75, 3.05) is 39.3 Å². The summed E-state index contributed by atoms with van der Waals surface area (Å²) in [6.07, 6.45) is 3.19. The van der Waals surface area contributed by atoms with Crippen LogP contribution >= 0.6 is 0 Å². The molecular weight excluding hydrogens is 382 g/mol. The molecule has 2 aliphatic heterocycles. The molecule has 0 aliphatic carbocycles. The first kappa shape index (κ1) is 18.7. The summed E-state index contributed by atoms with van der Waals surface area (Å²) in [6, 6.07) is 11.8. The Bertz CT molecular complexity index is 1050. The molecule has 3 aromatic rings.